The molecule has 1 aliphatic carbocycles. The van der Waals surface area contributed by atoms with Crippen molar-refractivity contribution in [3.05, 3.63) is 65.2 Å². The Balaban J connectivity index is 2.03. The molecule has 1 aliphatic rings. The molecule has 4 heteroatoms. The zero-order chi connectivity index (χ0) is 16.4. The highest BCUT2D eigenvalue weighted by Gasteiger charge is 2.48. The minimum Gasteiger partial charge on any atom is -0.468 e. The van der Waals surface area contributed by atoms with Crippen LogP contribution in [0.5, 0.6) is 0 Å². The summed E-state index contributed by atoms with van der Waals surface area (Å²) in [7, 11) is 1.40. The molecule has 3 nitrogen and oxygen atoms in total. The van der Waals surface area contributed by atoms with Gasteiger partial charge in [-0.3, -0.25) is 9.78 Å². The van der Waals surface area contributed by atoms with E-state index in [2.05, 4.69) is 4.98 Å². The Labute approximate surface area is 135 Å². The summed E-state index contributed by atoms with van der Waals surface area (Å²) in [6.45, 7) is 1.73. The van der Waals surface area contributed by atoms with Crippen LogP contribution in [-0.4, -0.2) is 18.1 Å². The first-order valence-electron chi connectivity index (χ1n) is 7.82. The molecule has 1 aromatic carbocycles. The van der Waals surface area contributed by atoms with Gasteiger partial charge in [0.25, 0.3) is 0 Å². The van der Waals surface area contributed by atoms with Gasteiger partial charge in [0.15, 0.2) is 0 Å². The number of aromatic nitrogens is 1. The molecule has 0 amide bonds. The summed E-state index contributed by atoms with van der Waals surface area (Å²) in [6, 6.07) is 8.88. The minimum absolute atomic E-state index is 0.227. The summed E-state index contributed by atoms with van der Waals surface area (Å²) in [4.78, 5) is 16.8. The van der Waals surface area contributed by atoms with E-state index in [1.807, 2.05) is 24.4 Å². The Kier molecular flexibility index (Phi) is 4.16. The van der Waals surface area contributed by atoms with Gasteiger partial charge < -0.3 is 4.74 Å². The van der Waals surface area contributed by atoms with E-state index >= 15 is 0 Å². The maximum atomic E-state index is 14.0. The molecule has 1 heterocycles. The van der Waals surface area contributed by atoms with Crippen molar-refractivity contribution in [1.29, 1.82) is 0 Å². The van der Waals surface area contributed by atoms with Gasteiger partial charge in [-0.25, -0.2) is 4.39 Å². The normalized spacial score (nSPS) is 23.7. The number of hydrogen-bond acceptors (Lipinski definition) is 3. The van der Waals surface area contributed by atoms with Gasteiger partial charge in [-0.2, -0.15) is 0 Å². The monoisotopic (exact) mass is 313 g/mol. The zero-order valence-electron chi connectivity index (χ0n) is 13.4. The molecular formula is C19H20FNO2. The predicted molar refractivity (Wildman–Crippen MR) is 85.7 cm³/mol. The molecule has 3 rings (SSSR count). The second kappa shape index (κ2) is 6.11. The first-order valence-corrected chi connectivity index (χ1v) is 7.82. The number of pyridine rings is 1. The van der Waals surface area contributed by atoms with E-state index in [1.54, 1.807) is 19.2 Å². The molecule has 1 fully saturated rings. The lowest BCUT2D eigenvalue weighted by molar-refractivity contribution is -0.147. The number of carbonyl (C=O) groups excluding carboxylic acids is 1. The zero-order valence-corrected chi connectivity index (χ0v) is 13.4. The van der Waals surface area contributed by atoms with Crippen molar-refractivity contribution in [1.82, 2.24) is 4.98 Å². The molecular weight excluding hydrogens is 293 g/mol. The molecule has 1 saturated carbocycles. The summed E-state index contributed by atoms with van der Waals surface area (Å²) in [5.74, 6) is -0.335. The van der Waals surface area contributed by atoms with Crippen LogP contribution in [0.25, 0.3) is 0 Å². The molecule has 0 radical (unpaired) electrons. The number of methoxy groups -OCH3 is 1. The topological polar surface area (TPSA) is 39.2 Å². The van der Waals surface area contributed by atoms with Crippen LogP contribution in [0.3, 0.4) is 0 Å². The molecule has 0 aliphatic heterocycles. The van der Waals surface area contributed by atoms with Gasteiger partial charge in [-0.05, 0) is 60.9 Å². The maximum absolute atomic E-state index is 14.0. The van der Waals surface area contributed by atoms with Gasteiger partial charge in [0, 0.05) is 12.4 Å². The summed E-state index contributed by atoms with van der Waals surface area (Å²) in [5.41, 5.74) is 1.62. The lowest BCUT2D eigenvalue weighted by Gasteiger charge is -2.29. The van der Waals surface area contributed by atoms with Crippen molar-refractivity contribution in [2.45, 2.75) is 37.5 Å². The van der Waals surface area contributed by atoms with Gasteiger partial charge in [0.2, 0.25) is 0 Å². The number of hydrogen-bond donors (Lipinski definition) is 0. The molecule has 23 heavy (non-hydrogen) atoms. The molecule has 0 bridgehead atoms. The second-order valence-corrected chi connectivity index (χ2v) is 6.21. The summed E-state index contributed by atoms with van der Waals surface area (Å²) < 4.78 is 19.1. The van der Waals surface area contributed by atoms with E-state index in [9.17, 15) is 9.18 Å². The van der Waals surface area contributed by atoms with Crippen molar-refractivity contribution < 1.29 is 13.9 Å². The van der Waals surface area contributed by atoms with Crippen molar-refractivity contribution in [3.8, 4) is 0 Å². The molecule has 2 atom stereocenters. The van der Waals surface area contributed by atoms with E-state index < -0.39 is 5.41 Å². The number of benzene rings is 1. The van der Waals surface area contributed by atoms with Crippen LogP contribution in [0.2, 0.25) is 0 Å². The fourth-order valence-corrected chi connectivity index (χ4v) is 3.81. The van der Waals surface area contributed by atoms with Crippen molar-refractivity contribution >= 4 is 5.97 Å². The van der Waals surface area contributed by atoms with E-state index in [1.165, 1.54) is 13.2 Å². The second-order valence-electron chi connectivity index (χ2n) is 6.21. The van der Waals surface area contributed by atoms with Crippen LogP contribution in [0.15, 0.2) is 42.7 Å². The maximum Gasteiger partial charge on any atom is 0.316 e. The minimum atomic E-state index is -0.776. The Bertz CT molecular complexity index is 717. The third-order valence-electron chi connectivity index (χ3n) is 5.03. The fourth-order valence-electron chi connectivity index (χ4n) is 3.81. The Morgan fingerprint density at radius 2 is 2.17 bits per heavy atom. The number of ether oxygens (including phenoxy) is 1. The number of rotatable bonds is 3. The number of esters is 1. The Hall–Kier alpha value is -2.23. The average molecular weight is 313 g/mol. The quantitative estimate of drug-likeness (QED) is 0.807. The highest BCUT2D eigenvalue weighted by atomic mass is 19.1. The molecule has 0 saturated heterocycles. The largest absolute Gasteiger partial charge is 0.468 e. The van der Waals surface area contributed by atoms with Crippen LogP contribution in [0.4, 0.5) is 4.39 Å². The first kappa shape index (κ1) is 15.7. The van der Waals surface area contributed by atoms with E-state index in [0.29, 0.717) is 18.4 Å². The Morgan fingerprint density at radius 3 is 2.87 bits per heavy atom. The third kappa shape index (κ3) is 2.62. The van der Waals surface area contributed by atoms with Crippen LogP contribution in [-0.2, 0) is 14.9 Å². The average Bonchev–Trinajstić information content (AvgIpc) is 3.04. The standard InChI is InChI=1S/C19H20FNO2/c1-13-16(6-3-7-17(13)20)19(18(22)23-2)9-8-14(11-19)15-5-4-10-21-12-15/h3-7,10,12,14H,8-9,11H2,1-2H3. The summed E-state index contributed by atoms with van der Waals surface area (Å²) in [6.07, 6.45) is 5.72. The van der Waals surface area contributed by atoms with E-state index in [0.717, 1.165) is 17.5 Å². The van der Waals surface area contributed by atoms with Crippen LogP contribution < -0.4 is 0 Å². The Morgan fingerprint density at radius 1 is 1.35 bits per heavy atom. The molecule has 1 aromatic heterocycles. The molecule has 120 valence electrons. The van der Waals surface area contributed by atoms with E-state index in [-0.39, 0.29) is 17.7 Å². The van der Waals surface area contributed by atoms with Gasteiger partial charge >= 0.3 is 5.97 Å². The molecule has 2 aromatic rings. The van der Waals surface area contributed by atoms with Crippen LogP contribution >= 0.6 is 0 Å². The van der Waals surface area contributed by atoms with Crippen molar-refractivity contribution in [2.24, 2.45) is 0 Å². The van der Waals surface area contributed by atoms with Crippen molar-refractivity contribution in [3.63, 3.8) is 0 Å². The first-order chi connectivity index (χ1) is 11.1. The number of carbonyl (C=O) groups is 1. The SMILES string of the molecule is COC(=O)C1(c2cccc(F)c2C)CCC(c2cccnc2)C1. The third-order valence-corrected chi connectivity index (χ3v) is 5.03. The summed E-state index contributed by atoms with van der Waals surface area (Å²) in [5, 5.41) is 0. The fraction of sp³-hybridized carbons (Fsp3) is 0.368. The molecule has 0 N–H and O–H groups in total. The van der Waals surface area contributed by atoms with E-state index in [4.69, 9.17) is 4.74 Å². The van der Waals surface area contributed by atoms with Gasteiger partial charge in [-0.1, -0.05) is 18.2 Å². The number of halogens is 1. The predicted octanol–water partition coefficient (Wildman–Crippen LogP) is 3.91. The lowest BCUT2D eigenvalue weighted by Crippen LogP contribution is -2.35. The van der Waals surface area contributed by atoms with Gasteiger partial charge in [0.1, 0.15) is 5.82 Å². The molecule has 2 unspecified atom stereocenters. The number of nitrogens with zero attached hydrogens (tertiary/aromatic N) is 1. The van der Waals surface area contributed by atoms with Crippen LogP contribution in [0.1, 0.15) is 41.9 Å². The smallest absolute Gasteiger partial charge is 0.316 e. The molecule has 0 spiro atoms. The highest BCUT2D eigenvalue weighted by molar-refractivity contribution is 5.84. The lowest BCUT2D eigenvalue weighted by atomic mass is 9.75. The highest BCUT2D eigenvalue weighted by Crippen LogP contribution is 2.50. The van der Waals surface area contributed by atoms with Gasteiger partial charge in [-0.15, -0.1) is 0 Å². The van der Waals surface area contributed by atoms with Crippen LogP contribution in [0, 0.1) is 12.7 Å². The summed E-state index contributed by atoms with van der Waals surface area (Å²) >= 11 is 0. The van der Waals surface area contributed by atoms with Crippen molar-refractivity contribution in [2.75, 3.05) is 7.11 Å². The van der Waals surface area contributed by atoms with Gasteiger partial charge in [0.05, 0.1) is 12.5 Å².